The van der Waals surface area contributed by atoms with Crippen molar-refractivity contribution in [3.05, 3.63) is 35.9 Å². The number of ether oxygens (including phenoxy) is 2. The van der Waals surface area contributed by atoms with E-state index in [-0.39, 0.29) is 6.10 Å². The van der Waals surface area contributed by atoms with Gasteiger partial charge in [-0.15, -0.1) is 11.6 Å². The minimum absolute atomic E-state index is 0.00173. The molecule has 1 aromatic carbocycles. The molecule has 0 radical (unpaired) electrons. The second-order valence-electron chi connectivity index (χ2n) is 3.52. The molecule has 1 aromatic rings. The van der Waals surface area contributed by atoms with Crippen LogP contribution in [0.4, 0.5) is 0 Å². The average molecular weight is 213 g/mol. The Morgan fingerprint density at radius 1 is 1.43 bits per heavy atom. The number of rotatable bonds is 2. The topological polar surface area (TPSA) is 18.5 Å². The molecule has 0 N–H and O–H groups in total. The highest BCUT2D eigenvalue weighted by atomic mass is 35.5. The number of hydrogen-bond donors (Lipinski definition) is 0. The van der Waals surface area contributed by atoms with Crippen LogP contribution < -0.4 is 0 Å². The molecule has 2 nitrogen and oxygen atoms in total. The fraction of sp³-hybridized carbons (Fsp3) is 0.455. The van der Waals surface area contributed by atoms with Crippen molar-refractivity contribution < 1.29 is 9.47 Å². The molecule has 1 saturated heterocycles. The monoisotopic (exact) mass is 212 g/mol. The summed E-state index contributed by atoms with van der Waals surface area (Å²) in [6.07, 6.45) is 0.00173. The quantitative estimate of drug-likeness (QED) is 0.702. The normalized spacial score (nSPS) is 32.0. The number of hydrogen-bond acceptors (Lipinski definition) is 2. The summed E-state index contributed by atoms with van der Waals surface area (Å²) in [5.74, 6) is -0.150. The van der Waals surface area contributed by atoms with Crippen LogP contribution in [0.5, 0.6) is 0 Å². The smallest absolute Gasteiger partial charge is 0.192 e. The summed E-state index contributed by atoms with van der Waals surface area (Å²) >= 11 is 5.72. The van der Waals surface area contributed by atoms with Gasteiger partial charge in [0.25, 0.3) is 0 Å². The Hall–Kier alpha value is -0.570. The van der Waals surface area contributed by atoms with Gasteiger partial charge in [0.05, 0.1) is 18.6 Å². The van der Waals surface area contributed by atoms with Gasteiger partial charge in [-0.1, -0.05) is 30.3 Å². The first-order valence-electron chi connectivity index (χ1n) is 4.68. The minimum atomic E-state index is -0.624. The van der Waals surface area contributed by atoms with Gasteiger partial charge in [-0.05, 0) is 6.92 Å². The van der Waals surface area contributed by atoms with E-state index >= 15 is 0 Å². The first kappa shape index (κ1) is 9.97. The van der Waals surface area contributed by atoms with Crippen molar-refractivity contribution in [2.24, 2.45) is 0 Å². The van der Waals surface area contributed by atoms with Crippen LogP contribution in [0.3, 0.4) is 0 Å². The van der Waals surface area contributed by atoms with Gasteiger partial charge in [0.15, 0.2) is 5.79 Å². The third-order valence-corrected chi connectivity index (χ3v) is 2.75. The molecule has 0 unspecified atom stereocenters. The fourth-order valence-electron chi connectivity index (χ4n) is 1.61. The molecule has 14 heavy (non-hydrogen) atoms. The van der Waals surface area contributed by atoms with Crippen molar-refractivity contribution in [3.8, 4) is 0 Å². The van der Waals surface area contributed by atoms with Crippen LogP contribution in [-0.4, -0.2) is 18.6 Å². The maximum Gasteiger partial charge on any atom is 0.192 e. The molecule has 0 aliphatic carbocycles. The van der Waals surface area contributed by atoms with Crippen LogP contribution in [0.1, 0.15) is 12.5 Å². The van der Waals surface area contributed by atoms with E-state index in [1.807, 2.05) is 37.3 Å². The highest BCUT2D eigenvalue weighted by molar-refractivity contribution is 6.18. The van der Waals surface area contributed by atoms with Gasteiger partial charge in [0.2, 0.25) is 0 Å². The van der Waals surface area contributed by atoms with E-state index in [4.69, 9.17) is 21.1 Å². The lowest BCUT2D eigenvalue weighted by molar-refractivity contribution is -0.159. The summed E-state index contributed by atoms with van der Waals surface area (Å²) in [6.45, 7) is 2.49. The molecule has 0 spiro atoms. The lowest BCUT2D eigenvalue weighted by Crippen LogP contribution is -2.24. The zero-order valence-corrected chi connectivity index (χ0v) is 8.83. The fourth-order valence-corrected chi connectivity index (χ4v) is 1.76. The summed E-state index contributed by atoms with van der Waals surface area (Å²) < 4.78 is 11.4. The number of alkyl halides is 1. The van der Waals surface area contributed by atoms with E-state index in [1.165, 1.54) is 0 Å². The Bertz CT molecular complexity index is 301. The van der Waals surface area contributed by atoms with Gasteiger partial charge in [-0.25, -0.2) is 0 Å². The molecule has 0 bridgehead atoms. The predicted octanol–water partition coefficient (Wildman–Crippen LogP) is 2.51. The second-order valence-corrected chi connectivity index (χ2v) is 3.83. The van der Waals surface area contributed by atoms with Gasteiger partial charge in [0, 0.05) is 5.56 Å². The Kier molecular flexibility index (Phi) is 2.77. The first-order valence-corrected chi connectivity index (χ1v) is 5.21. The van der Waals surface area contributed by atoms with Crippen molar-refractivity contribution >= 4 is 11.6 Å². The Labute approximate surface area is 88.8 Å². The van der Waals surface area contributed by atoms with E-state index in [9.17, 15) is 0 Å². The average Bonchev–Trinajstić information content (AvgIpc) is 2.63. The van der Waals surface area contributed by atoms with Crippen molar-refractivity contribution in [1.82, 2.24) is 0 Å². The summed E-state index contributed by atoms with van der Waals surface area (Å²) in [4.78, 5) is 0. The van der Waals surface area contributed by atoms with Crippen LogP contribution in [0.15, 0.2) is 30.3 Å². The molecular weight excluding hydrogens is 200 g/mol. The van der Waals surface area contributed by atoms with E-state index < -0.39 is 5.79 Å². The van der Waals surface area contributed by atoms with Gasteiger partial charge in [-0.2, -0.15) is 0 Å². The van der Waals surface area contributed by atoms with Gasteiger partial charge >= 0.3 is 0 Å². The summed E-state index contributed by atoms with van der Waals surface area (Å²) in [5, 5.41) is 0. The molecule has 76 valence electrons. The SMILES string of the molecule is C[C@@]1(c2ccccc2)OC[C@@H](CCl)O1. The summed E-state index contributed by atoms with van der Waals surface area (Å²) in [5.41, 5.74) is 1.03. The molecule has 3 heteroatoms. The van der Waals surface area contributed by atoms with Gasteiger partial charge < -0.3 is 9.47 Å². The molecule has 0 saturated carbocycles. The van der Waals surface area contributed by atoms with Crippen molar-refractivity contribution in [2.75, 3.05) is 12.5 Å². The molecule has 1 aliphatic heterocycles. The lowest BCUT2D eigenvalue weighted by Gasteiger charge is -2.23. The zero-order chi connectivity index (χ0) is 10.0. The lowest BCUT2D eigenvalue weighted by atomic mass is 10.1. The Balaban J connectivity index is 2.19. The van der Waals surface area contributed by atoms with E-state index in [1.54, 1.807) is 0 Å². The van der Waals surface area contributed by atoms with E-state index in [0.29, 0.717) is 12.5 Å². The number of halogens is 1. The summed E-state index contributed by atoms with van der Waals surface area (Å²) in [7, 11) is 0. The first-order chi connectivity index (χ1) is 6.74. The van der Waals surface area contributed by atoms with E-state index in [2.05, 4.69) is 0 Å². The maximum absolute atomic E-state index is 5.73. The zero-order valence-electron chi connectivity index (χ0n) is 8.07. The molecule has 0 aromatic heterocycles. The third-order valence-electron chi connectivity index (χ3n) is 2.41. The van der Waals surface area contributed by atoms with Crippen LogP contribution in [-0.2, 0) is 15.3 Å². The molecule has 0 amide bonds. The minimum Gasteiger partial charge on any atom is -0.343 e. The standard InChI is InChI=1S/C11H13ClO2/c1-11(9-5-3-2-4-6-9)13-8-10(7-12)14-11/h2-6,10H,7-8H2,1H3/t10-,11-/m1/s1. The largest absolute Gasteiger partial charge is 0.343 e. The van der Waals surface area contributed by atoms with Crippen LogP contribution >= 0.6 is 11.6 Å². The Morgan fingerprint density at radius 2 is 2.14 bits per heavy atom. The molecule has 1 heterocycles. The molecule has 1 fully saturated rings. The van der Waals surface area contributed by atoms with Crippen LogP contribution in [0.2, 0.25) is 0 Å². The molecule has 1 aliphatic rings. The highest BCUT2D eigenvalue weighted by Gasteiger charge is 2.38. The van der Waals surface area contributed by atoms with Crippen molar-refractivity contribution in [1.29, 1.82) is 0 Å². The molecule has 2 rings (SSSR count). The van der Waals surface area contributed by atoms with E-state index in [0.717, 1.165) is 5.56 Å². The predicted molar refractivity (Wildman–Crippen MR) is 55.3 cm³/mol. The van der Waals surface area contributed by atoms with Crippen molar-refractivity contribution in [3.63, 3.8) is 0 Å². The van der Waals surface area contributed by atoms with Crippen LogP contribution in [0, 0.1) is 0 Å². The molecule has 2 atom stereocenters. The summed E-state index contributed by atoms with van der Waals surface area (Å²) in [6, 6.07) is 9.91. The highest BCUT2D eigenvalue weighted by Crippen LogP contribution is 2.33. The Morgan fingerprint density at radius 3 is 2.71 bits per heavy atom. The van der Waals surface area contributed by atoms with Crippen molar-refractivity contribution in [2.45, 2.75) is 18.8 Å². The van der Waals surface area contributed by atoms with Gasteiger partial charge in [-0.3, -0.25) is 0 Å². The van der Waals surface area contributed by atoms with Crippen LogP contribution in [0.25, 0.3) is 0 Å². The maximum atomic E-state index is 5.73. The van der Waals surface area contributed by atoms with Gasteiger partial charge in [0.1, 0.15) is 0 Å². The second kappa shape index (κ2) is 3.89. The third kappa shape index (κ3) is 1.78. The number of benzene rings is 1. The molecular formula is C11H13ClO2.